The van der Waals surface area contributed by atoms with Crippen molar-refractivity contribution in [1.29, 1.82) is 0 Å². The molecule has 6 heteroatoms. The smallest absolute Gasteiger partial charge is 0.229 e. The Labute approximate surface area is 146 Å². The number of para-hydroxylation sites is 1. The number of methoxy groups -OCH3 is 1. The highest BCUT2D eigenvalue weighted by Gasteiger charge is 2.29. The van der Waals surface area contributed by atoms with E-state index in [-0.39, 0.29) is 11.9 Å². The fourth-order valence-electron chi connectivity index (χ4n) is 3.07. The van der Waals surface area contributed by atoms with Crippen molar-refractivity contribution in [2.24, 2.45) is 0 Å². The van der Waals surface area contributed by atoms with Crippen LogP contribution in [0, 0.1) is 0 Å². The van der Waals surface area contributed by atoms with E-state index in [0.29, 0.717) is 13.0 Å². The van der Waals surface area contributed by atoms with E-state index >= 15 is 0 Å². The standard InChI is InChI=1S/C18H23N3O2S/c1-3-17-20-13(12-24-17)10-18(22)21-9-8-19-11-15(21)14-6-4-5-7-16(14)23-2/h4-7,12,15,19H,3,8-11H2,1-2H3. The number of aryl methyl sites for hydroxylation is 1. The summed E-state index contributed by atoms with van der Waals surface area (Å²) in [6.45, 7) is 4.34. The molecule has 128 valence electrons. The lowest BCUT2D eigenvalue weighted by Gasteiger charge is -2.37. The zero-order valence-electron chi connectivity index (χ0n) is 14.1. The van der Waals surface area contributed by atoms with E-state index in [1.54, 1.807) is 18.4 Å². The van der Waals surface area contributed by atoms with Crippen molar-refractivity contribution in [2.75, 3.05) is 26.7 Å². The van der Waals surface area contributed by atoms with Gasteiger partial charge in [-0.1, -0.05) is 25.1 Å². The van der Waals surface area contributed by atoms with Gasteiger partial charge in [-0.05, 0) is 12.5 Å². The maximum Gasteiger partial charge on any atom is 0.229 e. The number of hydrogen-bond acceptors (Lipinski definition) is 5. The van der Waals surface area contributed by atoms with Gasteiger partial charge in [0.1, 0.15) is 5.75 Å². The van der Waals surface area contributed by atoms with E-state index < -0.39 is 0 Å². The lowest BCUT2D eigenvalue weighted by molar-refractivity contribution is -0.133. The number of amides is 1. The van der Waals surface area contributed by atoms with Gasteiger partial charge in [-0.25, -0.2) is 4.98 Å². The van der Waals surface area contributed by atoms with Crippen molar-refractivity contribution < 1.29 is 9.53 Å². The Morgan fingerprint density at radius 2 is 2.29 bits per heavy atom. The molecule has 1 amide bonds. The Balaban J connectivity index is 1.79. The molecule has 0 spiro atoms. The van der Waals surface area contributed by atoms with Crippen LogP contribution in [0.15, 0.2) is 29.6 Å². The van der Waals surface area contributed by atoms with Gasteiger partial charge < -0.3 is 15.0 Å². The molecule has 5 nitrogen and oxygen atoms in total. The van der Waals surface area contributed by atoms with Gasteiger partial charge in [0, 0.05) is 30.6 Å². The number of rotatable bonds is 5. The molecule has 0 radical (unpaired) electrons. The molecule has 24 heavy (non-hydrogen) atoms. The van der Waals surface area contributed by atoms with Crippen LogP contribution in [0.3, 0.4) is 0 Å². The van der Waals surface area contributed by atoms with Crippen molar-refractivity contribution in [3.05, 3.63) is 45.9 Å². The number of nitrogens with zero attached hydrogens (tertiary/aromatic N) is 2. The number of nitrogens with one attached hydrogen (secondary N) is 1. The summed E-state index contributed by atoms with van der Waals surface area (Å²) < 4.78 is 5.49. The van der Waals surface area contributed by atoms with Gasteiger partial charge in [-0.3, -0.25) is 4.79 Å². The quantitative estimate of drug-likeness (QED) is 0.904. The predicted octanol–water partition coefficient (Wildman–Crippen LogP) is 2.43. The summed E-state index contributed by atoms with van der Waals surface area (Å²) in [6, 6.07) is 7.91. The molecule has 2 aromatic rings. The predicted molar refractivity (Wildman–Crippen MR) is 95.5 cm³/mol. The van der Waals surface area contributed by atoms with Crippen LogP contribution in [0.2, 0.25) is 0 Å². The Hall–Kier alpha value is -1.92. The Bertz CT molecular complexity index is 701. The molecule has 1 aliphatic rings. The molecule has 0 aliphatic carbocycles. The third kappa shape index (κ3) is 3.60. The number of benzene rings is 1. The van der Waals surface area contributed by atoms with Crippen LogP contribution in [0.25, 0.3) is 0 Å². The first-order valence-corrected chi connectivity index (χ1v) is 9.17. The largest absolute Gasteiger partial charge is 0.496 e. The number of thiazole rings is 1. The first kappa shape index (κ1) is 16.9. The SMILES string of the molecule is CCc1nc(CC(=O)N2CCNCC2c2ccccc2OC)cs1. The van der Waals surface area contributed by atoms with Crippen LogP contribution >= 0.6 is 11.3 Å². The molecule has 1 N–H and O–H groups in total. The number of aromatic nitrogens is 1. The van der Waals surface area contributed by atoms with Gasteiger partial charge in [0.05, 0.1) is 30.3 Å². The van der Waals surface area contributed by atoms with E-state index in [1.165, 1.54) is 0 Å². The van der Waals surface area contributed by atoms with Crippen molar-refractivity contribution in [3.8, 4) is 5.75 Å². The van der Waals surface area contributed by atoms with E-state index in [1.807, 2.05) is 34.5 Å². The average molecular weight is 345 g/mol. The molecule has 1 aromatic heterocycles. The average Bonchev–Trinajstić information content (AvgIpc) is 3.09. The first-order chi connectivity index (χ1) is 11.7. The van der Waals surface area contributed by atoms with Crippen molar-refractivity contribution in [1.82, 2.24) is 15.2 Å². The molecule has 1 atom stereocenters. The topological polar surface area (TPSA) is 54.5 Å². The molecule has 1 aliphatic heterocycles. The molecular formula is C18H23N3O2S. The lowest BCUT2D eigenvalue weighted by Crippen LogP contribution is -2.49. The molecule has 0 saturated carbocycles. The van der Waals surface area contributed by atoms with Crippen LogP contribution in [0.5, 0.6) is 5.75 Å². The Morgan fingerprint density at radius 3 is 3.04 bits per heavy atom. The van der Waals surface area contributed by atoms with Gasteiger partial charge in [0.2, 0.25) is 5.91 Å². The zero-order chi connectivity index (χ0) is 16.9. The summed E-state index contributed by atoms with van der Waals surface area (Å²) in [7, 11) is 1.67. The van der Waals surface area contributed by atoms with Crippen molar-refractivity contribution in [3.63, 3.8) is 0 Å². The lowest BCUT2D eigenvalue weighted by atomic mass is 10.0. The third-order valence-electron chi connectivity index (χ3n) is 4.30. The summed E-state index contributed by atoms with van der Waals surface area (Å²) >= 11 is 1.63. The fourth-order valence-corrected chi connectivity index (χ4v) is 3.82. The van der Waals surface area contributed by atoms with E-state index in [0.717, 1.165) is 41.5 Å². The summed E-state index contributed by atoms with van der Waals surface area (Å²) in [6.07, 6.45) is 1.28. The normalized spacial score (nSPS) is 17.8. The number of piperazine rings is 1. The minimum Gasteiger partial charge on any atom is -0.496 e. The van der Waals surface area contributed by atoms with Gasteiger partial charge >= 0.3 is 0 Å². The monoisotopic (exact) mass is 345 g/mol. The number of carbonyl (C=O) groups is 1. The molecule has 2 heterocycles. The van der Waals surface area contributed by atoms with E-state index in [9.17, 15) is 4.79 Å². The highest BCUT2D eigenvalue weighted by molar-refractivity contribution is 7.09. The highest BCUT2D eigenvalue weighted by Crippen LogP contribution is 2.30. The fraction of sp³-hybridized carbons (Fsp3) is 0.444. The first-order valence-electron chi connectivity index (χ1n) is 8.29. The van der Waals surface area contributed by atoms with Crippen LogP contribution < -0.4 is 10.1 Å². The molecule has 0 bridgehead atoms. The third-order valence-corrected chi connectivity index (χ3v) is 5.34. The van der Waals surface area contributed by atoms with Crippen LogP contribution in [-0.2, 0) is 17.6 Å². The summed E-state index contributed by atoms with van der Waals surface area (Å²) in [5.74, 6) is 0.950. The summed E-state index contributed by atoms with van der Waals surface area (Å²) in [5, 5.41) is 6.46. The van der Waals surface area contributed by atoms with Crippen molar-refractivity contribution >= 4 is 17.2 Å². The van der Waals surface area contributed by atoms with Crippen LogP contribution in [-0.4, -0.2) is 42.5 Å². The van der Waals surface area contributed by atoms with E-state index in [4.69, 9.17) is 4.74 Å². The molecule has 3 rings (SSSR count). The van der Waals surface area contributed by atoms with Gasteiger partial charge in [-0.2, -0.15) is 0 Å². The van der Waals surface area contributed by atoms with Gasteiger partial charge in [0.25, 0.3) is 0 Å². The van der Waals surface area contributed by atoms with Crippen molar-refractivity contribution in [2.45, 2.75) is 25.8 Å². The van der Waals surface area contributed by atoms with Crippen LogP contribution in [0.4, 0.5) is 0 Å². The minimum absolute atomic E-state index is 0.00770. The second-order valence-electron chi connectivity index (χ2n) is 5.81. The Morgan fingerprint density at radius 1 is 1.46 bits per heavy atom. The molecule has 1 saturated heterocycles. The number of ether oxygens (including phenoxy) is 1. The zero-order valence-corrected chi connectivity index (χ0v) is 14.9. The molecule has 1 aromatic carbocycles. The minimum atomic E-state index is -0.00770. The maximum atomic E-state index is 12.9. The van der Waals surface area contributed by atoms with Gasteiger partial charge in [0.15, 0.2) is 0 Å². The second-order valence-corrected chi connectivity index (χ2v) is 6.75. The molecule has 1 fully saturated rings. The number of hydrogen-bond donors (Lipinski definition) is 1. The summed E-state index contributed by atoms with van der Waals surface area (Å²) in [5.41, 5.74) is 1.92. The van der Waals surface area contributed by atoms with Crippen LogP contribution in [0.1, 0.15) is 29.2 Å². The maximum absolute atomic E-state index is 12.9. The van der Waals surface area contributed by atoms with Gasteiger partial charge in [-0.15, -0.1) is 11.3 Å². The van der Waals surface area contributed by atoms with E-state index in [2.05, 4.69) is 17.2 Å². The second kappa shape index (κ2) is 7.77. The Kier molecular flexibility index (Phi) is 5.48. The molecular weight excluding hydrogens is 322 g/mol. The molecule has 1 unspecified atom stereocenters. The highest BCUT2D eigenvalue weighted by atomic mass is 32.1. The summed E-state index contributed by atoms with van der Waals surface area (Å²) in [4.78, 5) is 19.4. The number of carbonyl (C=O) groups excluding carboxylic acids is 1.